The molecule has 0 spiro atoms. The zero-order chi connectivity index (χ0) is 14.2. The van der Waals surface area contributed by atoms with Gasteiger partial charge in [0.2, 0.25) is 0 Å². The molecule has 20 heavy (non-hydrogen) atoms. The standard InChI is InChI=1S/C16H28N2O2/c1-2-12-4-3-9-18(11-12)14-7-8-16(10-14,15(19)20)17-13-5-6-13/h12-14,17H,2-11H2,1H3,(H,19,20). The van der Waals surface area contributed by atoms with Gasteiger partial charge in [0.1, 0.15) is 5.54 Å². The molecule has 3 atom stereocenters. The maximum atomic E-state index is 11.8. The number of likely N-dealkylation sites (tertiary alicyclic amines) is 1. The Labute approximate surface area is 121 Å². The first-order chi connectivity index (χ1) is 9.63. The summed E-state index contributed by atoms with van der Waals surface area (Å²) < 4.78 is 0. The average Bonchev–Trinajstić information content (AvgIpc) is 3.15. The Bertz CT molecular complexity index is 369. The summed E-state index contributed by atoms with van der Waals surface area (Å²) in [6.45, 7) is 4.62. The third-order valence-electron chi connectivity index (χ3n) is 5.60. The minimum Gasteiger partial charge on any atom is -0.480 e. The van der Waals surface area contributed by atoms with Crippen LogP contribution in [0.15, 0.2) is 0 Å². The lowest BCUT2D eigenvalue weighted by molar-refractivity contribution is -0.145. The molecular formula is C16H28N2O2. The SMILES string of the molecule is CCC1CCCN(C2CCC(NC3CC3)(C(=O)O)C2)C1. The van der Waals surface area contributed by atoms with E-state index in [0.29, 0.717) is 12.1 Å². The third-order valence-corrected chi connectivity index (χ3v) is 5.60. The molecule has 0 aromatic carbocycles. The number of carboxylic acid groups (broad SMARTS) is 1. The first kappa shape index (κ1) is 14.3. The Hall–Kier alpha value is -0.610. The summed E-state index contributed by atoms with van der Waals surface area (Å²) in [6.07, 6.45) is 8.85. The van der Waals surface area contributed by atoms with E-state index in [2.05, 4.69) is 17.1 Å². The van der Waals surface area contributed by atoms with Crippen molar-refractivity contribution in [1.82, 2.24) is 10.2 Å². The molecule has 3 rings (SSSR count). The van der Waals surface area contributed by atoms with Crippen molar-refractivity contribution in [3.63, 3.8) is 0 Å². The molecule has 3 unspecified atom stereocenters. The van der Waals surface area contributed by atoms with Crippen LogP contribution in [0.3, 0.4) is 0 Å². The molecule has 1 heterocycles. The van der Waals surface area contributed by atoms with Gasteiger partial charge in [0.05, 0.1) is 0 Å². The largest absolute Gasteiger partial charge is 0.480 e. The van der Waals surface area contributed by atoms with Gasteiger partial charge >= 0.3 is 5.97 Å². The Balaban J connectivity index is 1.63. The molecule has 1 aliphatic heterocycles. The van der Waals surface area contributed by atoms with Gasteiger partial charge in [0.15, 0.2) is 0 Å². The van der Waals surface area contributed by atoms with E-state index in [9.17, 15) is 9.90 Å². The minimum absolute atomic E-state index is 0.467. The minimum atomic E-state index is -0.634. The second-order valence-corrected chi connectivity index (χ2v) is 7.11. The van der Waals surface area contributed by atoms with Gasteiger partial charge in [-0.1, -0.05) is 13.3 Å². The van der Waals surface area contributed by atoms with Crippen LogP contribution < -0.4 is 5.32 Å². The molecule has 2 aliphatic carbocycles. The fourth-order valence-corrected chi connectivity index (χ4v) is 4.10. The highest BCUT2D eigenvalue weighted by atomic mass is 16.4. The summed E-state index contributed by atoms with van der Waals surface area (Å²) in [4.78, 5) is 14.3. The second-order valence-electron chi connectivity index (χ2n) is 7.11. The highest BCUT2D eigenvalue weighted by Gasteiger charge is 2.49. The van der Waals surface area contributed by atoms with Crippen molar-refractivity contribution in [1.29, 1.82) is 0 Å². The fraction of sp³-hybridized carbons (Fsp3) is 0.938. The van der Waals surface area contributed by atoms with Crippen molar-refractivity contribution < 1.29 is 9.90 Å². The third kappa shape index (κ3) is 2.86. The normalized spacial score (nSPS) is 39.0. The maximum Gasteiger partial charge on any atom is 0.323 e. The van der Waals surface area contributed by atoms with E-state index in [1.807, 2.05) is 0 Å². The number of rotatable bonds is 5. The molecule has 0 aromatic rings. The van der Waals surface area contributed by atoms with E-state index in [1.54, 1.807) is 0 Å². The van der Waals surface area contributed by atoms with E-state index in [4.69, 9.17) is 0 Å². The lowest BCUT2D eigenvalue weighted by Crippen LogP contribution is -2.52. The highest BCUT2D eigenvalue weighted by molar-refractivity contribution is 5.79. The summed E-state index contributed by atoms with van der Waals surface area (Å²) in [6, 6.07) is 0.946. The van der Waals surface area contributed by atoms with Gasteiger partial charge in [-0.3, -0.25) is 10.1 Å². The zero-order valence-electron chi connectivity index (χ0n) is 12.6. The van der Waals surface area contributed by atoms with Gasteiger partial charge in [-0.15, -0.1) is 0 Å². The second kappa shape index (κ2) is 5.64. The molecule has 0 amide bonds. The van der Waals surface area contributed by atoms with Crippen molar-refractivity contribution in [3.8, 4) is 0 Å². The number of piperidine rings is 1. The summed E-state index contributed by atoms with van der Waals surface area (Å²) >= 11 is 0. The van der Waals surface area contributed by atoms with Crippen LogP contribution in [-0.4, -0.2) is 46.7 Å². The summed E-state index contributed by atoms with van der Waals surface area (Å²) in [5.74, 6) is 0.191. The number of aliphatic carboxylic acids is 1. The zero-order valence-corrected chi connectivity index (χ0v) is 12.6. The summed E-state index contributed by atoms with van der Waals surface area (Å²) in [5, 5.41) is 13.1. The molecule has 1 saturated heterocycles. The Morgan fingerprint density at radius 3 is 2.80 bits per heavy atom. The quantitative estimate of drug-likeness (QED) is 0.811. The van der Waals surface area contributed by atoms with Crippen LogP contribution in [0, 0.1) is 5.92 Å². The molecule has 0 aromatic heterocycles. The van der Waals surface area contributed by atoms with E-state index in [1.165, 1.54) is 32.4 Å². The molecule has 2 saturated carbocycles. The van der Waals surface area contributed by atoms with Gasteiger partial charge in [-0.25, -0.2) is 0 Å². The topological polar surface area (TPSA) is 52.6 Å². The molecule has 114 valence electrons. The molecular weight excluding hydrogens is 252 g/mol. The van der Waals surface area contributed by atoms with Crippen molar-refractivity contribution in [2.24, 2.45) is 5.92 Å². The molecule has 4 heteroatoms. The van der Waals surface area contributed by atoms with Gasteiger partial charge in [0, 0.05) is 18.6 Å². The van der Waals surface area contributed by atoms with Crippen molar-refractivity contribution in [2.75, 3.05) is 13.1 Å². The number of carboxylic acids is 1. The van der Waals surface area contributed by atoms with E-state index in [-0.39, 0.29) is 0 Å². The summed E-state index contributed by atoms with van der Waals surface area (Å²) in [7, 11) is 0. The van der Waals surface area contributed by atoms with E-state index in [0.717, 1.165) is 38.0 Å². The molecule has 4 nitrogen and oxygen atoms in total. The van der Waals surface area contributed by atoms with Gasteiger partial charge < -0.3 is 10.0 Å². The van der Waals surface area contributed by atoms with Crippen LogP contribution in [-0.2, 0) is 4.79 Å². The van der Waals surface area contributed by atoms with E-state index < -0.39 is 11.5 Å². The highest BCUT2D eigenvalue weighted by Crippen LogP contribution is 2.38. The number of hydrogen-bond acceptors (Lipinski definition) is 3. The van der Waals surface area contributed by atoms with Crippen molar-refractivity contribution >= 4 is 5.97 Å². The van der Waals surface area contributed by atoms with E-state index >= 15 is 0 Å². The van der Waals surface area contributed by atoms with Crippen LogP contribution in [0.4, 0.5) is 0 Å². The maximum absolute atomic E-state index is 11.8. The molecule has 0 bridgehead atoms. The van der Waals surface area contributed by atoms with Crippen LogP contribution in [0.1, 0.15) is 58.3 Å². The number of carbonyl (C=O) groups is 1. The predicted molar refractivity (Wildman–Crippen MR) is 78.8 cm³/mol. The van der Waals surface area contributed by atoms with Crippen molar-refractivity contribution in [2.45, 2.75) is 75.9 Å². The monoisotopic (exact) mass is 280 g/mol. The Morgan fingerprint density at radius 2 is 2.15 bits per heavy atom. The summed E-state index contributed by atoms with van der Waals surface area (Å²) in [5.41, 5.74) is -0.634. The van der Waals surface area contributed by atoms with Gasteiger partial charge in [0.25, 0.3) is 0 Å². The fourth-order valence-electron chi connectivity index (χ4n) is 4.10. The first-order valence-corrected chi connectivity index (χ1v) is 8.38. The smallest absolute Gasteiger partial charge is 0.323 e. The average molecular weight is 280 g/mol. The lowest BCUT2D eigenvalue weighted by atomic mass is 9.93. The number of nitrogens with zero attached hydrogens (tertiary/aromatic N) is 1. The molecule has 0 radical (unpaired) electrons. The number of hydrogen-bond donors (Lipinski definition) is 2. The van der Waals surface area contributed by atoms with Crippen LogP contribution in [0.2, 0.25) is 0 Å². The van der Waals surface area contributed by atoms with Crippen molar-refractivity contribution in [3.05, 3.63) is 0 Å². The van der Waals surface area contributed by atoms with Crippen LogP contribution in [0.5, 0.6) is 0 Å². The number of nitrogens with one attached hydrogen (secondary N) is 1. The van der Waals surface area contributed by atoms with Crippen LogP contribution >= 0.6 is 0 Å². The predicted octanol–water partition coefficient (Wildman–Crippen LogP) is 2.24. The molecule has 2 N–H and O–H groups in total. The molecule has 3 aliphatic rings. The van der Waals surface area contributed by atoms with Gasteiger partial charge in [-0.2, -0.15) is 0 Å². The van der Waals surface area contributed by atoms with Gasteiger partial charge in [-0.05, 0) is 57.4 Å². The Morgan fingerprint density at radius 1 is 1.35 bits per heavy atom. The molecule has 3 fully saturated rings. The van der Waals surface area contributed by atoms with Crippen LogP contribution in [0.25, 0.3) is 0 Å². The Kier molecular flexibility index (Phi) is 4.04. The lowest BCUT2D eigenvalue weighted by Gasteiger charge is -2.37. The first-order valence-electron chi connectivity index (χ1n) is 8.38.